The first kappa shape index (κ1) is 16.5. The molecule has 1 aliphatic rings. The van der Waals surface area contributed by atoms with Crippen LogP contribution in [0.15, 0.2) is 28.7 Å². The monoisotopic (exact) mass is 353 g/mol. The van der Waals surface area contributed by atoms with Crippen LogP contribution in [-0.4, -0.2) is 25.7 Å². The summed E-state index contributed by atoms with van der Waals surface area (Å²) < 4.78 is 6.56. The number of carbonyl (C=O) groups excluding carboxylic acids is 1. The molecule has 1 saturated carbocycles. The fraction of sp³-hybridized carbons (Fsp3) is 0.588. The Morgan fingerprint density at radius 3 is 2.71 bits per heavy atom. The maximum Gasteiger partial charge on any atom is 0.223 e. The van der Waals surface area contributed by atoms with Gasteiger partial charge in [0.1, 0.15) is 0 Å². The maximum absolute atomic E-state index is 12.0. The summed E-state index contributed by atoms with van der Waals surface area (Å²) in [4.78, 5) is 12.0. The van der Waals surface area contributed by atoms with E-state index in [0.29, 0.717) is 12.5 Å². The number of nitrogens with one attached hydrogen (secondary N) is 1. The lowest BCUT2D eigenvalue weighted by Gasteiger charge is -2.06. The fourth-order valence-electron chi connectivity index (χ4n) is 2.43. The number of halogens is 1. The molecule has 0 aromatic heterocycles. The van der Waals surface area contributed by atoms with Crippen LogP contribution in [0, 0.1) is 5.92 Å². The highest BCUT2D eigenvalue weighted by Gasteiger charge is 2.43. The van der Waals surface area contributed by atoms with Crippen molar-refractivity contribution >= 4 is 21.8 Å². The van der Waals surface area contributed by atoms with Crippen molar-refractivity contribution in [3.8, 4) is 0 Å². The van der Waals surface area contributed by atoms with Crippen LogP contribution in [0.4, 0.5) is 0 Å². The number of carbonyl (C=O) groups is 1. The van der Waals surface area contributed by atoms with Gasteiger partial charge in [-0.25, -0.2) is 0 Å². The van der Waals surface area contributed by atoms with Crippen molar-refractivity contribution in [3.05, 3.63) is 34.3 Å². The summed E-state index contributed by atoms with van der Waals surface area (Å²) >= 11 is 3.43. The molecular formula is C17H24BrNO2. The Bertz CT molecular complexity index is 447. The van der Waals surface area contributed by atoms with Crippen molar-refractivity contribution in [1.29, 1.82) is 0 Å². The van der Waals surface area contributed by atoms with Crippen LogP contribution < -0.4 is 5.32 Å². The van der Waals surface area contributed by atoms with Gasteiger partial charge in [0.25, 0.3) is 0 Å². The Hall–Kier alpha value is -0.870. The highest BCUT2D eigenvalue weighted by atomic mass is 79.9. The van der Waals surface area contributed by atoms with E-state index < -0.39 is 0 Å². The zero-order valence-electron chi connectivity index (χ0n) is 12.6. The predicted molar refractivity (Wildman–Crippen MR) is 88.3 cm³/mol. The first-order valence-corrected chi connectivity index (χ1v) is 8.62. The van der Waals surface area contributed by atoms with Gasteiger partial charge in [-0.1, -0.05) is 41.4 Å². The molecule has 0 radical (unpaired) electrons. The van der Waals surface area contributed by atoms with E-state index in [0.717, 1.165) is 43.4 Å². The number of unbranched alkanes of at least 4 members (excludes halogenated alkanes) is 1. The molecule has 0 spiro atoms. The van der Waals surface area contributed by atoms with Crippen molar-refractivity contribution in [2.45, 2.75) is 38.5 Å². The third-order valence-corrected chi connectivity index (χ3v) is 4.36. The van der Waals surface area contributed by atoms with Gasteiger partial charge in [0, 0.05) is 30.1 Å². The zero-order valence-corrected chi connectivity index (χ0v) is 14.2. The van der Waals surface area contributed by atoms with Crippen LogP contribution in [0.3, 0.4) is 0 Å². The van der Waals surface area contributed by atoms with E-state index >= 15 is 0 Å². The second kappa shape index (κ2) is 8.54. The smallest absolute Gasteiger partial charge is 0.223 e. The number of ether oxygens (including phenoxy) is 1. The van der Waals surface area contributed by atoms with Crippen LogP contribution in [0.2, 0.25) is 0 Å². The van der Waals surface area contributed by atoms with Gasteiger partial charge in [0.15, 0.2) is 0 Å². The average molecular weight is 354 g/mol. The molecule has 1 aromatic carbocycles. The number of hydrogen-bond donors (Lipinski definition) is 1. The minimum Gasteiger partial charge on any atom is -0.381 e. The topological polar surface area (TPSA) is 38.3 Å². The molecule has 0 bridgehead atoms. The lowest BCUT2D eigenvalue weighted by molar-refractivity contribution is -0.122. The van der Waals surface area contributed by atoms with Gasteiger partial charge < -0.3 is 10.1 Å². The van der Waals surface area contributed by atoms with E-state index in [-0.39, 0.29) is 11.8 Å². The van der Waals surface area contributed by atoms with Crippen LogP contribution in [0.25, 0.3) is 0 Å². The molecule has 21 heavy (non-hydrogen) atoms. The molecule has 1 amide bonds. The van der Waals surface area contributed by atoms with Gasteiger partial charge in [-0.2, -0.15) is 0 Å². The van der Waals surface area contributed by atoms with Gasteiger partial charge in [0.05, 0.1) is 0 Å². The Balaban J connectivity index is 1.59. The maximum atomic E-state index is 12.0. The lowest BCUT2D eigenvalue weighted by Crippen LogP contribution is -2.27. The lowest BCUT2D eigenvalue weighted by atomic mass is 10.1. The highest BCUT2D eigenvalue weighted by Crippen LogP contribution is 2.47. The Labute approximate surface area is 135 Å². The second-order valence-corrected chi connectivity index (χ2v) is 6.53. The number of benzene rings is 1. The molecule has 2 rings (SSSR count). The molecule has 2 unspecified atom stereocenters. The van der Waals surface area contributed by atoms with Gasteiger partial charge >= 0.3 is 0 Å². The normalized spacial score (nSPS) is 20.3. The van der Waals surface area contributed by atoms with E-state index in [1.807, 2.05) is 12.1 Å². The van der Waals surface area contributed by atoms with Crippen molar-refractivity contribution in [2.24, 2.45) is 5.92 Å². The number of amides is 1. The van der Waals surface area contributed by atoms with Gasteiger partial charge in [-0.05, 0) is 42.9 Å². The molecule has 4 heteroatoms. The first-order valence-electron chi connectivity index (χ1n) is 7.83. The summed E-state index contributed by atoms with van der Waals surface area (Å²) in [6, 6.07) is 8.28. The van der Waals surface area contributed by atoms with Crippen molar-refractivity contribution < 1.29 is 9.53 Å². The van der Waals surface area contributed by atoms with Crippen LogP contribution in [0.5, 0.6) is 0 Å². The fourth-order valence-corrected chi connectivity index (χ4v) is 2.69. The molecule has 0 saturated heterocycles. The van der Waals surface area contributed by atoms with Gasteiger partial charge in [0.2, 0.25) is 5.91 Å². The Kier molecular flexibility index (Phi) is 6.71. The van der Waals surface area contributed by atoms with Crippen LogP contribution in [0.1, 0.15) is 44.1 Å². The Morgan fingerprint density at radius 1 is 1.29 bits per heavy atom. The third-order valence-electron chi connectivity index (χ3n) is 3.83. The van der Waals surface area contributed by atoms with E-state index in [1.165, 1.54) is 5.56 Å². The summed E-state index contributed by atoms with van der Waals surface area (Å²) in [7, 11) is 0. The molecule has 116 valence electrons. The van der Waals surface area contributed by atoms with Crippen LogP contribution in [-0.2, 0) is 9.53 Å². The average Bonchev–Trinajstić information content (AvgIpc) is 3.27. The quantitative estimate of drug-likeness (QED) is 0.684. The molecular weight excluding hydrogens is 330 g/mol. The van der Waals surface area contributed by atoms with E-state index in [4.69, 9.17) is 4.74 Å². The zero-order chi connectivity index (χ0) is 15.1. The minimum absolute atomic E-state index is 0.159. The largest absolute Gasteiger partial charge is 0.381 e. The summed E-state index contributed by atoms with van der Waals surface area (Å²) in [5.41, 5.74) is 1.27. The predicted octanol–water partition coefficient (Wildman–Crippen LogP) is 3.88. The first-order chi connectivity index (χ1) is 10.2. The molecule has 2 atom stereocenters. The summed E-state index contributed by atoms with van der Waals surface area (Å²) in [6.07, 6.45) is 4.14. The van der Waals surface area contributed by atoms with E-state index in [1.54, 1.807) is 0 Å². The standard InChI is InChI=1S/C17H24BrNO2/c1-2-3-10-21-11-4-9-19-17(20)16-12-15(16)13-5-7-14(18)8-6-13/h5-8,15-16H,2-4,9-12H2,1H3,(H,19,20). The molecule has 1 fully saturated rings. The Morgan fingerprint density at radius 2 is 2.00 bits per heavy atom. The van der Waals surface area contributed by atoms with Gasteiger partial charge in [-0.15, -0.1) is 0 Å². The number of hydrogen-bond acceptors (Lipinski definition) is 2. The second-order valence-electron chi connectivity index (χ2n) is 5.61. The van der Waals surface area contributed by atoms with Crippen molar-refractivity contribution in [2.75, 3.05) is 19.8 Å². The van der Waals surface area contributed by atoms with Crippen molar-refractivity contribution in [1.82, 2.24) is 5.32 Å². The van der Waals surface area contributed by atoms with E-state index in [2.05, 4.69) is 40.3 Å². The molecule has 1 aromatic rings. The number of rotatable bonds is 9. The third kappa shape index (κ3) is 5.44. The van der Waals surface area contributed by atoms with Crippen molar-refractivity contribution in [3.63, 3.8) is 0 Å². The SMILES string of the molecule is CCCCOCCCNC(=O)C1CC1c1ccc(Br)cc1. The molecule has 0 heterocycles. The van der Waals surface area contributed by atoms with Crippen LogP contribution >= 0.6 is 15.9 Å². The van der Waals surface area contributed by atoms with E-state index in [9.17, 15) is 4.79 Å². The van der Waals surface area contributed by atoms with Gasteiger partial charge in [-0.3, -0.25) is 4.79 Å². The minimum atomic E-state index is 0.159. The highest BCUT2D eigenvalue weighted by molar-refractivity contribution is 9.10. The molecule has 3 nitrogen and oxygen atoms in total. The summed E-state index contributed by atoms with van der Waals surface area (Å²) in [6.45, 7) is 4.44. The molecule has 0 aliphatic heterocycles. The summed E-state index contributed by atoms with van der Waals surface area (Å²) in [5, 5.41) is 3.02. The summed E-state index contributed by atoms with van der Waals surface area (Å²) in [5.74, 6) is 0.752. The molecule has 1 N–H and O–H groups in total. The molecule has 1 aliphatic carbocycles.